The first-order chi connectivity index (χ1) is 14.7. The summed E-state index contributed by atoms with van der Waals surface area (Å²) >= 11 is 0. The van der Waals surface area contributed by atoms with E-state index >= 15 is 0 Å². The summed E-state index contributed by atoms with van der Waals surface area (Å²) in [6.45, 7) is 0.912. The number of halogens is 4. The average Bonchev–Trinajstić information content (AvgIpc) is 2.70. The number of alkyl halides is 2. The molecule has 1 heterocycles. The van der Waals surface area contributed by atoms with Crippen LogP contribution in [0.25, 0.3) is 10.9 Å². The molecule has 0 radical (unpaired) electrons. The van der Waals surface area contributed by atoms with E-state index in [1.165, 1.54) is 25.3 Å². The van der Waals surface area contributed by atoms with Gasteiger partial charge in [0.05, 0.1) is 11.1 Å². The van der Waals surface area contributed by atoms with Crippen molar-refractivity contribution in [1.82, 2.24) is 10.3 Å². The van der Waals surface area contributed by atoms with Crippen molar-refractivity contribution in [1.29, 1.82) is 0 Å². The Bertz CT molecular complexity index is 1070. The largest absolute Gasteiger partial charge is 0.486 e. The first-order valence-electron chi connectivity index (χ1n) is 9.46. The summed E-state index contributed by atoms with van der Waals surface area (Å²) in [5, 5.41) is 2.99. The molecular formula is C22H21F4N3O2. The zero-order valence-electron chi connectivity index (χ0n) is 16.7. The van der Waals surface area contributed by atoms with Crippen LogP contribution < -0.4 is 15.8 Å². The van der Waals surface area contributed by atoms with Gasteiger partial charge in [0.15, 0.2) is 0 Å². The van der Waals surface area contributed by atoms with E-state index in [0.717, 1.165) is 12.1 Å². The lowest BCUT2D eigenvalue weighted by atomic mass is 9.99. The fourth-order valence-corrected chi connectivity index (χ4v) is 3.09. The Morgan fingerprint density at radius 1 is 1.16 bits per heavy atom. The molecule has 0 aliphatic carbocycles. The van der Waals surface area contributed by atoms with E-state index in [-0.39, 0.29) is 30.0 Å². The van der Waals surface area contributed by atoms with Crippen LogP contribution in [0, 0.1) is 11.6 Å². The predicted octanol–water partition coefficient (Wildman–Crippen LogP) is 4.19. The number of carbonyl (C=O) groups is 1. The van der Waals surface area contributed by atoms with Gasteiger partial charge in [0, 0.05) is 30.1 Å². The molecule has 1 aromatic heterocycles. The molecule has 0 saturated heterocycles. The smallest absolute Gasteiger partial charge is 0.252 e. The van der Waals surface area contributed by atoms with Crippen molar-refractivity contribution >= 4 is 16.8 Å². The van der Waals surface area contributed by atoms with Crippen LogP contribution in [0.1, 0.15) is 29.3 Å². The summed E-state index contributed by atoms with van der Waals surface area (Å²) < 4.78 is 58.5. The Labute approximate surface area is 176 Å². The van der Waals surface area contributed by atoms with E-state index in [9.17, 15) is 22.4 Å². The van der Waals surface area contributed by atoms with Crippen LogP contribution >= 0.6 is 0 Å². The third-order valence-electron chi connectivity index (χ3n) is 4.69. The summed E-state index contributed by atoms with van der Waals surface area (Å²) in [5.74, 6) is -1.75. The molecule has 0 saturated carbocycles. The molecule has 2 aromatic carbocycles. The Hall–Kier alpha value is -3.20. The van der Waals surface area contributed by atoms with Crippen molar-refractivity contribution in [3.8, 4) is 5.75 Å². The van der Waals surface area contributed by atoms with Gasteiger partial charge in [-0.25, -0.2) is 17.6 Å². The highest BCUT2D eigenvalue weighted by molar-refractivity contribution is 6.07. The van der Waals surface area contributed by atoms with Gasteiger partial charge < -0.3 is 15.8 Å². The van der Waals surface area contributed by atoms with Gasteiger partial charge in [0.2, 0.25) is 6.43 Å². The molecule has 3 rings (SSSR count). The van der Waals surface area contributed by atoms with E-state index in [1.54, 1.807) is 18.2 Å². The molecule has 0 aliphatic heterocycles. The number of benzene rings is 2. The molecule has 1 amide bonds. The van der Waals surface area contributed by atoms with Crippen molar-refractivity contribution in [3.63, 3.8) is 0 Å². The van der Waals surface area contributed by atoms with Crippen molar-refractivity contribution in [2.45, 2.75) is 31.9 Å². The molecule has 164 valence electrons. The molecule has 31 heavy (non-hydrogen) atoms. The van der Waals surface area contributed by atoms with Gasteiger partial charge in [-0.2, -0.15) is 0 Å². The number of fused-ring (bicyclic) bond motifs is 1. The maximum atomic E-state index is 13.9. The highest BCUT2D eigenvalue weighted by atomic mass is 19.3. The number of hydrogen-bond acceptors (Lipinski definition) is 4. The quantitative estimate of drug-likeness (QED) is 0.520. The molecular weight excluding hydrogens is 414 g/mol. The zero-order chi connectivity index (χ0) is 22.6. The number of para-hydroxylation sites is 1. The van der Waals surface area contributed by atoms with Gasteiger partial charge in [-0.3, -0.25) is 9.78 Å². The first-order valence-corrected chi connectivity index (χ1v) is 9.46. The number of nitrogens with two attached hydrogens (primary N) is 1. The number of carbonyl (C=O) groups excluding carboxylic acids is 1. The maximum absolute atomic E-state index is 13.9. The summed E-state index contributed by atoms with van der Waals surface area (Å²) in [6.07, 6.45) is -1.77. The molecule has 0 bridgehead atoms. The second kappa shape index (κ2) is 9.30. The number of hydrogen-bond donors (Lipinski definition) is 2. The van der Waals surface area contributed by atoms with Crippen LogP contribution in [0.4, 0.5) is 17.6 Å². The summed E-state index contributed by atoms with van der Waals surface area (Å²) in [4.78, 5) is 16.9. The average molecular weight is 435 g/mol. The lowest BCUT2D eigenvalue weighted by Gasteiger charge is -2.24. The maximum Gasteiger partial charge on any atom is 0.252 e. The summed E-state index contributed by atoms with van der Waals surface area (Å²) in [6, 6.07) is 9.79. The van der Waals surface area contributed by atoms with Crippen molar-refractivity contribution in [2.75, 3.05) is 6.54 Å². The topological polar surface area (TPSA) is 77.2 Å². The van der Waals surface area contributed by atoms with Gasteiger partial charge in [0.25, 0.3) is 5.91 Å². The lowest BCUT2D eigenvalue weighted by Crippen LogP contribution is -2.48. The Balaban J connectivity index is 1.81. The van der Waals surface area contributed by atoms with Gasteiger partial charge in [-0.1, -0.05) is 18.2 Å². The molecule has 0 spiro atoms. The molecule has 1 unspecified atom stereocenters. The highest BCUT2D eigenvalue weighted by Crippen LogP contribution is 2.27. The summed E-state index contributed by atoms with van der Waals surface area (Å²) in [5.41, 5.74) is 4.86. The minimum Gasteiger partial charge on any atom is -0.486 e. The monoisotopic (exact) mass is 435 g/mol. The molecule has 3 N–H and O–H groups in total. The Morgan fingerprint density at radius 2 is 1.84 bits per heavy atom. The zero-order valence-corrected chi connectivity index (χ0v) is 16.7. The lowest BCUT2D eigenvalue weighted by molar-refractivity contribution is 0.0898. The first kappa shape index (κ1) is 22.5. The second-order valence-electron chi connectivity index (χ2n) is 7.43. The van der Waals surface area contributed by atoms with Crippen LogP contribution in [0.15, 0.2) is 48.7 Å². The minimum absolute atomic E-state index is 0.150. The number of ether oxygens (including phenoxy) is 1. The van der Waals surface area contributed by atoms with E-state index in [2.05, 4.69) is 10.3 Å². The third-order valence-corrected chi connectivity index (χ3v) is 4.69. The number of nitrogens with zero attached hydrogens (tertiary/aromatic N) is 1. The number of aromatic nitrogens is 1. The van der Waals surface area contributed by atoms with Gasteiger partial charge in [-0.15, -0.1) is 0 Å². The van der Waals surface area contributed by atoms with Crippen LogP contribution in [-0.4, -0.2) is 29.4 Å². The number of pyridine rings is 1. The van der Waals surface area contributed by atoms with Crippen LogP contribution in [-0.2, 0) is 6.61 Å². The molecule has 1 atom stereocenters. The van der Waals surface area contributed by atoms with Crippen LogP contribution in [0.5, 0.6) is 5.75 Å². The summed E-state index contributed by atoms with van der Waals surface area (Å²) in [7, 11) is 0. The van der Waals surface area contributed by atoms with Gasteiger partial charge in [-0.05, 0) is 31.2 Å². The molecule has 0 aliphatic rings. The number of rotatable bonds is 8. The van der Waals surface area contributed by atoms with E-state index in [0.29, 0.717) is 10.9 Å². The molecule has 9 heteroatoms. The second-order valence-corrected chi connectivity index (χ2v) is 7.43. The van der Waals surface area contributed by atoms with Crippen LogP contribution in [0.3, 0.4) is 0 Å². The molecule has 3 aromatic rings. The van der Waals surface area contributed by atoms with Crippen molar-refractivity contribution in [2.24, 2.45) is 5.73 Å². The standard InChI is InChI=1S/C22H21F4N3O2/c1-22(27,10-19(25)26)12-29-21(30)14-8-9-28-20-13(14)4-2-7-18(20)31-11-15-16(23)5-3-6-17(15)24/h2-9,19H,10-12,27H2,1H3,(H,29,30). The van der Waals surface area contributed by atoms with E-state index < -0.39 is 35.9 Å². The SMILES string of the molecule is CC(N)(CNC(=O)c1ccnc2c(OCc3c(F)cccc3F)cccc12)CC(F)F. The highest BCUT2D eigenvalue weighted by Gasteiger charge is 2.25. The van der Waals surface area contributed by atoms with Gasteiger partial charge in [0.1, 0.15) is 29.5 Å². The third kappa shape index (κ3) is 5.49. The molecule has 5 nitrogen and oxygen atoms in total. The van der Waals surface area contributed by atoms with Crippen LogP contribution in [0.2, 0.25) is 0 Å². The number of amides is 1. The number of nitrogens with one attached hydrogen (secondary N) is 1. The predicted molar refractivity (Wildman–Crippen MR) is 108 cm³/mol. The Morgan fingerprint density at radius 3 is 2.52 bits per heavy atom. The fraction of sp³-hybridized carbons (Fsp3) is 0.273. The normalized spacial score (nSPS) is 13.3. The Kier molecular flexibility index (Phi) is 6.74. The van der Waals surface area contributed by atoms with E-state index in [1.807, 2.05) is 0 Å². The fourth-order valence-electron chi connectivity index (χ4n) is 3.09. The van der Waals surface area contributed by atoms with Crippen molar-refractivity contribution in [3.05, 3.63) is 71.4 Å². The minimum atomic E-state index is -2.59. The van der Waals surface area contributed by atoms with Gasteiger partial charge >= 0.3 is 0 Å². The van der Waals surface area contributed by atoms with Crippen molar-refractivity contribution < 1.29 is 27.1 Å². The van der Waals surface area contributed by atoms with E-state index in [4.69, 9.17) is 10.5 Å². The molecule has 0 fully saturated rings.